The average Bonchev–Trinajstić information content (AvgIpc) is 2.22. The molecule has 1 rings (SSSR count). The molecule has 0 bridgehead atoms. The van der Waals surface area contributed by atoms with Gasteiger partial charge in [0.15, 0.2) is 0 Å². The zero-order valence-corrected chi connectivity index (χ0v) is 12.2. The van der Waals surface area contributed by atoms with Crippen molar-refractivity contribution in [3.05, 3.63) is 26.6 Å². The van der Waals surface area contributed by atoms with Gasteiger partial charge in [-0.2, -0.15) is 0 Å². The second kappa shape index (κ2) is 6.37. The van der Waals surface area contributed by atoms with Crippen molar-refractivity contribution in [3.63, 3.8) is 0 Å². The Bertz CT molecular complexity index is 400. The number of hydrogen-bond acceptors (Lipinski definition) is 3. The monoisotopic (exact) mass is 365 g/mol. The molecule has 0 saturated carbocycles. The maximum Gasteiger partial charge on any atom is 0.304 e. The van der Waals surface area contributed by atoms with Gasteiger partial charge in [0.2, 0.25) is 0 Å². The molecular weight excluding hydrogens is 354 g/mol. The fraction of sp³-hybridized carbons (Fsp3) is 0.364. The Kier molecular flexibility index (Phi) is 5.42. The van der Waals surface area contributed by atoms with Gasteiger partial charge in [0.05, 0.1) is 15.4 Å². The highest BCUT2D eigenvalue weighted by atomic mass is 79.9. The molecule has 0 amide bonds. The highest BCUT2D eigenvalue weighted by Crippen LogP contribution is 2.33. The summed E-state index contributed by atoms with van der Waals surface area (Å²) in [4.78, 5) is 10.4. The first kappa shape index (κ1) is 14.5. The van der Waals surface area contributed by atoms with Crippen LogP contribution in [0.1, 0.15) is 18.4 Å². The van der Waals surface area contributed by atoms with Crippen LogP contribution in [0.3, 0.4) is 0 Å². The van der Waals surface area contributed by atoms with Crippen molar-refractivity contribution in [3.8, 4) is 5.75 Å². The first-order valence-corrected chi connectivity index (χ1v) is 6.63. The van der Waals surface area contributed by atoms with Crippen molar-refractivity contribution >= 4 is 37.8 Å². The summed E-state index contributed by atoms with van der Waals surface area (Å²) < 4.78 is 1.21. The van der Waals surface area contributed by atoms with Crippen LogP contribution in [0.5, 0.6) is 5.75 Å². The highest BCUT2D eigenvalue weighted by molar-refractivity contribution is 9.11. The lowest BCUT2D eigenvalue weighted by molar-refractivity contribution is -0.137. The van der Waals surface area contributed by atoms with Crippen molar-refractivity contribution in [1.82, 2.24) is 0 Å². The third-order valence-electron chi connectivity index (χ3n) is 2.32. The minimum atomic E-state index is -0.884. The Hall–Kier alpha value is -0.590. The Morgan fingerprint density at radius 2 is 1.88 bits per heavy atom. The number of aromatic hydroxyl groups is 1. The summed E-state index contributed by atoms with van der Waals surface area (Å²) in [6, 6.07) is 3.25. The molecule has 0 aliphatic heterocycles. The molecule has 1 unspecified atom stereocenters. The van der Waals surface area contributed by atoms with Crippen LogP contribution in [0.15, 0.2) is 21.1 Å². The topological polar surface area (TPSA) is 83.5 Å². The van der Waals surface area contributed by atoms with E-state index >= 15 is 0 Å². The minimum Gasteiger partial charge on any atom is -0.506 e. The third kappa shape index (κ3) is 4.65. The van der Waals surface area contributed by atoms with Crippen LogP contribution in [-0.2, 0) is 11.2 Å². The van der Waals surface area contributed by atoms with Crippen LogP contribution >= 0.6 is 31.9 Å². The van der Waals surface area contributed by atoms with Gasteiger partial charge in [0, 0.05) is 6.04 Å². The third-order valence-corrected chi connectivity index (χ3v) is 3.53. The van der Waals surface area contributed by atoms with Gasteiger partial charge < -0.3 is 15.9 Å². The quantitative estimate of drug-likeness (QED) is 0.747. The molecule has 4 N–H and O–H groups in total. The van der Waals surface area contributed by atoms with Crippen LogP contribution < -0.4 is 5.73 Å². The standard InChI is InChI=1S/C11H13Br2NO3/c12-8-3-6(4-9(13)11(8)17)1-2-7(14)5-10(15)16/h3-4,7,17H,1-2,5,14H2,(H,15,16). The molecule has 0 saturated heterocycles. The second-order valence-corrected chi connectivity index (χ2v) is 5.51. The van der Waals surface area contributed by atoms with Gasteiger partial charge in [-0.15, -0.1) is 0 Å². The fourth-order valence-electron chi connectivity index (χ4n) is 1.44. The van der Waals surface area contributed by atoms with Crippen molar-refractivity contribution in [1.29, 1.82) is 0 Å². The second-order valence-electron chi connectivity index (χ2n) is 3.80. The molecule has 0 heterocycles. The number of nitrogens with two attached hydrogens (primary N) is 1. The predicted molar refractivity (Wildman–Crippen MR) is 72.1 cm³/mol. The molecule has 0 aliphatic carbocycles. The first-order valence-electron chi connectivity index (χ1n) is 5.04. The molecule has 6 heteroatoms. The largest absolute Gasteiger partial charge is 0.506 e. The number of aliphatic carboxylic acids is 1. The van der Waals surface area contributed by atoms with E-state index in [4.69, 9.17) is 10.8 Å². The maximum atomic E-state index is 10.4. The van der Waals surface area contributed by atoms with Crippen molar-refractivity contribution in [2.45, 2.75) is 25.3 Å². The van der Waals surface area contributed by atoms with Crippen LogP contribution in [0.2, 0.25) is 0 Å². The number of carboxylic acids is 1. The van der Waals surface area contributed by atoms with Gasteiger partial charge in [-0.3, -0.25) is 4.79 Å². The molecule has 1 atom stereocenters. The van der Waals surface area contributed by atoms with Crippen molar-refractivity contribution < 1.29 is 15.0 Å². The normalized spacial score (nSPS) is 12.4. The SMILES string of the molecule is NC(CCc1cc(Br)c(O)c(Br)c1)CC(=O)O. The van der Waals surface area contributed by atoms with E-state index in [2.05, 4.69) is 31.9 Å². The van der Waals surface area contributed by atoms with E-state index in [1.54, 1.807) is 12.1 Å². The van der Waals surface area contributed by atoms with Gasteiger partial charge in [-0.25, -0.2) is 0 Å². The Labute approximate surface area is 116 Å². The van der Waals surface area contributed by atoms with Crippen LogP contribution in [0.4, 0.5) is 0 Å². The summed E-state index contributed by atoms with van der Waals surface area (Å²) in [5.41, 5.74) is 6.66. The van der Waals surface area contributed by atoms with E-state index < -0.39 is 5.97 Å². The van der Waals surface area contributed by atoms with Gasteiger partial charge in [-0.05, 0) is 62.4 Å². The number of halogens is 2. The van der Waals surface area contributed by atoms with E-state index in [0.29, 0.717) is 21.8 Å². The van der Waals surface area contributed by atoms with Crippen LogP contribution in [-0.4, -0.2) is 22.2 Å². The zero-order chi connectivity index (χ0) is 13.0. The summed E-state index contributed by atoms with van der Waals surface area (Å²) in [5.74, 6) is -0.728. The average molecular weight is 367 g/mol. The smallest absolute Gasteiger partial charge is 0.304 e. The van der Waals surface area contributed by atoms with Gasteiger partial charge in [0.25, 0.3) is 0 Å². The number of aryl methyl sites for hydroxylation is 1. The molecule has 0 aliphatic rings. The van der Waals surface area contributed by atoms with Crippen molar-refractivity contribution in [2.75, 3.05) is 0 Å². The van der Waals surface area contributed by atoms with E-state index in [-0.39, 0.29) is 18.2 Å². The summed E-state index contributed by atoms with van der Waals surface area (Å²) in [7, 11) is 0. The Morgan fingerprint density at radius 1 is 1.35 bits per heavy atom. The molecular formula is C11H13Br2NO3. The number of rotatable bonds is 5. The van der Waals surface area contributed by atoms with Gasteiger partial charge in [0.1, 0.15) is 5.75 Å². The van der Waals surface area contributed by atoms with Gasteiger partial charge in [-0.1, -0.05) is 0 Å². The van der Waals surface area contributed by atoms with E-state index in [0.717, 1.165) is 5.56 Å². The number of phenolic OH excluding ortho intramolecular Hbond substituents is 1. The predicted octanol–water partition coefficient (Wildman–Crippen LogP) is 2.65. The molecule has 94 valence electrons. The highest BCUT2D eigenvalue weighted by Gasteiger charge is 2.10. The van der Waals surface area contributed by atoms with E-state index in [9.17, 15) is 9.90 Å². The number of carboxylic acid groups (broad SMARTS) is 1. The summed E-state index contributed by atoms with van der Waals surface area (Å²) in [5, 5.41) is 18.1. The van der Waals surface area contributed by atoms with Crippen LogP contribution in [0, 0.1) is 0 Å². The molecule has 0 aromatic heterocycles. The van der Waals surface area contributed by atoms with Gasteiger partial charge >= 0.3 is 5.97 Å². The lowest BCUT2D eigenvalue weighted by Crippen LogP contribution is -2.24. The number of hydrogen-bond donors (Lipinski definition) is 3. The first-order chi connectivity index (χ1) is 7.90. The van der Waals surface area contributed by atoms with Crippen LogP contribution in [0.25, 0.3) is 0 Å². The minimum absolute atomic E-state index is 0.0274. The number of phenols is 1. The molecule has 0 fully saturated rings. The Balaban J connectivity index is 2.61. The molecule has 0 radical (unpaired) electrons. The molecule has 1 aromatic carbocycles. The fourth-order valence-corrected chi connectivity index (χ4v) is 2.72. The Morgan fingerprint density at radius 3 is 2.35 bits per heavy atom. The molecule has 1 aromatic rings. The van der Waals surface area contributed by atoms with Crippen molar-refractivity contribution in [2.24, 2.45) is 5.73 Å². The summed E-state index contributed by atoms with van der Waals surface area (Å²) in [6.45, 7) is 0. The zero-order valence-electron chi connectivity index (χ0n) is 8.99. The molecule has 0 spiro atoms. The molecule has 17 heavy (non-hydrogen) atoms. The number of benzene rings is 1. The summed E-state index contributed by atoms with van der Waals surface area (Å²) in [6.07, 6.45) is 1.24. The molecule has 4 nitrogen and oxygen atoms in total. The number of carbonyl (C=O) groups is 1. The summed E-state index contributed by atoms with van der Waals surface area (Å²) >= 11 is 6.48. The van der Waals surface area contributed by atoms with E-state index in [1.807, 2.05) is 0 Å². The van der Waals surface area contributed by atoms with E-state index in [1.165, 1.54) is 0 Å². The maximum absolute atomic E-state index is 10.4. The lowest BCUT2D eigenvalue weighted by atomic mass is 10.0. The lowest BCUT2D eigenvalue weighted by Gasteiger charge is -2.10.